The first-order valence-electron chi connectivity index (χ1n) is 6.58. The molecule has 2 atom stereocenters. The van der Waals surface area contributed by atoms with E-state index >= 15 is 0 Å². The third kappa shape index (κ3) is 3.79. The summed E-state index contributed by atoms with van der Waals surface area (Å²) in [6.07, 6.45) is 1.24. The summed E-state index contributed by atoms with van der Waals surface area (Å²) in [5, 5.41) is 14.2. The summed E-state index contributed by atoms with van der Waals surface area (Å²) in [5.41, 5.74) is 0.540. The molecule has 0 saturated carbocycles. The number of hydrogen-bond acceptors (Lipinski definition) is 4. The van der Waals surface area contributed by atoms with Crippen molar-refractivity contribution in [3.63, 3.8) is 0 Å². The molecule has 1 N–H and O–H groups in total. The highest BCUT2D eigenvalue weighted by atomic mass is 32.1. The number of carbonyl (C=O) groups is 1. The van der Waals surface area contributed by atoms with Crippen molar-refractivity contribution in [3.8, 4) is 6.07 Å². The predicted octanol–water partition coefficient (Wildman–Crippen LogP) is 2.54. The fourth-order valence-corrected chi connectivity index (χ4v) is 3.54. The van der Waals surface area contributed by atoms with Crippen LogP contribution in [0.25, 0.3) is 0 Å². The minimum absolute atomic E-state index is 0.0275. The number of amides is 1. The molecule has 0 radical (unpaired) electrons. The number of piperidine rings is 1. The molecule has 0 aromatic carbocycles. The van der Waals surface area contributed by atoms with E-state index in [1.165, 1.54) is 17.8 Å². The molecule has 0 spiro atoms. The first-order chi connectivity index (χ1) is 9.08. The number of anilines is 1. The maximum Gasteiger partial charge on any atom is 0.239 e. The Bertz CT molecular complexity index is 481. The van der Waals surface area contributed by atoms with Crippen LogP contribution in [-0.4, -0.2) is 30.4 Å². The molecule has 1 saturated heterocycles. The molecule has 2 heterocycles. The third-order valence-electron chi connectivity index (χ3n) is 3.35. The minimum atomic E-state index is -0.0275. The van der Waals surface area contributed by atoms with Gasteiger partial charge in [-0.2, -0.15) is 5.26 Å². The van der Waals surface area contributed by atoms with Crippen molar-refractivity contribution in [2.75, 3.05) is 25.0 Å². The van der Waals surface area contributed by atoms with Crippen LogP contribution in [0.3, 0.4) is 0 Å². The number of thiophene rings is 1. The molecular formula is C14H19N3OS. The van der Waals surface area contributed by atoms with Crippen molar-refractivity contribution in [2.45, 2.75) is 20.3 Å². The van der Waals surface area contributed by atoms with E-state index in [1.807, 2.05) is 5.38 Å². The number of nitrogens with one attached hydrogen (secondary N) is 1. The van der Waals surface area contributed by atoms with Gasteiger partial charge in [0.05, 0.1) is 12.1 Å². The van der Waals surface area contributed by atoms with Crippen LogP contribution in [-0.2, 0) is 4.79 Å². The van der Waals surface area contributed by atoms with Gasteiger partial charge in [-0.3, -0.25) is 9.69 Å². The highest BCUT2D eigenvalue weighted by Crippen LogP contribution is 2.23. The predicted molar refractivity (Wildman–Crippen MR) is 77.0 cm³/mol. The van der Waals surface area contributed by atoms with Gasteiger partial charge in [-0.15, -0.1) is 11.3 Å². The van der Waals surface area contributed by atoms with E-state index in [9.17, 15) is 4.79 Å². The van der Waals surface area contributed by atoms with Crippen LogP contribution in [0.2, 0.25) is 0 Å². The number of likely N-dealkylation sites (tertiary alicyclic amines) is 1. The Morgan fingerprint density at radius 1 is 1.53 bits per heavy atom. The summed E-state index contributed by atoms with van der Waals surface area (Å²) >= 11 is 1.39. The van der Waals surface area contributed by atoms with Crippen LogP contribution >= 0.6 is 11.3 Å². The quantitative estimate of drug-likeness (QED) is 0.923. The van der Waals surface area contributed by atoms with Crippen molar-refractivity contribution in [2.24, 2.45) is 11.8 Å². The summed E-state index contributed by atoms with van der Waals surface area (Å²) in [6, 6.07) is 3.81. The van der Waals surface area contributed by atoms with Crippen LogP contribution in [0.15, 0.2) is 11.4 Å². The van der Waals surface area contributed by atoms with Gasteiger partial charge >= 0.3 is 0 Å². The molecule has 5 heteroatoms. The normalized spacial score (nSPS) is 23.8. The summed E-state index contributed by atoms with van der Waals surface area (Å²) in [6.45, 7) is 6.83. The van der Waals surface area contributed by atoms with Gasteiger partial charge in [0.15, 0.2) is 0 Å². The first kappa shape index (κ1) is 14.0. The molecule has 1 aromatic rings. The number of rotatable bonds is 3. The summed E-state index contributed by atoms with van der Waals surface area (Å²) in [4.78, 5) is 14.2. The second kappa shape index (κ2) is 6.18. The lowest BCUT2D eigenvalue weighted by Crippen LogP contribution is -2.42. The van der Waals surface area contributed by atoms with E-state index in [1.54, 1.807) is 6.07 Å². The molecule has 19 heavy (non-hydrogen) atoms. The average Bonchev–Trinajstić information content (AvgIpc) is 2.74. The Labute approximate surface area is 118 Å². The third-order valence-corrected chi connectivity index (χ3v) is 4.18. The molecule has 0 aliphatic carbocycles. The van der Waals surface area contributed by atoms with E-state index in [2.05, 4.69) is 30.1 Å². The fraction of sp³-hybridized carbons (Fsp3) is 0.571. The number of carbonyl (C=O) groups excluding carboxylic acids is 1. The molecule has 1 aromatic heterocycles. The van der Waals surface area contributed by atoms with Crippen LogP contribution in [0.5, 0.6) is 0 Å². The summed E-state index contributed by atoms with van der Waals surface area (Å²) < 4.78 is 0. The Balaban J connectivity index is 1.89. The maximum atomic E-state index is 12.0. The molecule has 1 aliphatic rings. The van der Waals surface area contributed by atoms with E-state index in [4.69, 9.17) is 5.26 Å². The standard InChI is InChI=1S/C14H19N3OS/c1-10-5-11(2)8-17(7-10)9-13(18)16-14-12(6-15)3-4-19-14/h3-4,10-11H,5,7-9H2,1-2H3,(H,16,18). The second-order valence-electron chi connectivity index (χ2n) is 5.46. The molecule has 2 unspecified atom stereocenters. The smallest absolute Gasteiger partial charge is 0.239 e. The second-order valence-corrected chi connectivity index (χ2v) is 6.38. The van der Waals surface area contributed by atoms with Gasteiger partial charge in [0.1, 0.15) is 11.1 Å². The van der Waals surface area contributed by atoms with Gasteiger partial charge in [-0.25, -0.2) is 0 Å². The maximum absolute atomic E-state index is 12.0. The summed E-state index contributed by atoms with van der Waals surface area (Å²) in [7, 11) is 0. The topological polar surface area (TPSA) is 56.1 Å². The molecule has 2 rings (SSSR count). The van der Waals surface area contributed by atoms with Crippen molar-refractivity contribution in [1.29, 1.82) is 5.26 Å². The van der Waals surface area contributed by atoms with E-state index in [-0.39, 0.29) is 5.91 Å². The molecule has 1 amide bonds. The van der Waals surface area contributed by atoms with Gasteiger partial charge in [-0.1, -0.05) is 13.8 Å². The van der Waals surface area contributed by atoms with Crippen molar-refractivity contribution in [1.82, 2.24) is 4.90 Å². The lowest BCUT2D eigenvalue weighted by atomic mass is 9.92. The van der Waals surface area contributed by atoms with Crippen LogP contribution in [0.4, 0.5) is 5.00 Å². The van der Waals surface area contributed by atoms with Gasteiger partial charge in [-0.05, 0) is 29.7 Å². The van der Waals surface area contributed by atoms with E-state index in [0.29, 0.717) is 28.9 Å². The lowest BCUT2D eigenvalue weighted by Gasteiger charge is -2.34. The number of hydrogen-bond donors (Lipinski definition) is 1. The molecule has 4 nitrogen and oxygen atoms in total. The minimum Gasteiger partial charge on any atom is -0.315 e. The molecule has 1 aliphatic heterocycles. The first-order valence-corrected chi connectivity index (χ1v) is 7.46. The Morgan fingerprint density at radius 2 is 2.21 bits per heavy atom. The van der Waals surface area contributed by atoms with Crippen molar-refractivity contribution in [3.05, 3.63) is 17.0 Å². The average molecular weight is 277 g/mol. The van der Waals surface area contributed by atoms with Crippen molar-refractivity contribution >= 4 is 22.2 Å². The fourth-order valence-electron chi connectivity index (χ4n) is 2.78. The van der Waals surface area contributed by atoms with Crippen LogP contribution < -0.4 is 5.32 Å². The highest BCUT2D eigenvalue weighted by Gasteiger charge is 2.23. The van der Waals surface area contributed by atoms with Gasteiger partial charge in [0.2, 0.25) is 5.91 Å². The van der Waals surface area contributed by atoms with E-state index in [0.717, 1.165) is 13.1 Å². The van der Waals surface area contributed by atoms with Crippen molar-refractivity contribution < 1.29 is 4.79 Å². The summed E-state index contributed by atoms with van der Waals surface area (Å²) in [5.74, 6) is 1.26. The van der Waals surface area contributed by atoms with Gasteiger partial charge in [0.25, 0.3) is 0 Å². The SMILES string of the molecule is CC1CC(C)CN(CC(=O)Nc2sccc2C#N)C1. The Kier molecular flexibility index (Phi) is 4.56. The zero-order valence-electron chi connectivity index (χ0n) is 11.3. The largest absolute Gasteiger partial charge is 0.315 e. The Morgan fingerprint density at radius 3 is 2.84 bits per heavy atom. The number of nitriles is 1. The van der Waals surface area contributed by atoms with Crippen LogP contribution in [0.1, 0.15) is 25.8 Å². The molecule has 102 valence electrons. The van der Waals surface area contributed by atoms with Gasteiger partial charge < -0.3 is 5.32 Å². The molecule has 0 bridgehead atoms. The van der Waals surface area contributed by atoms with Gasteiger partial charge in [0, 0.05) is 13.1 Å². The zero-order valence-corrected chi connectivity index (χ0v) is 12.2. The highest BCUT2D eigenvalue weighted by molar-refractivity contribution is 7.14. The Hall–Kier alpha value is -1.38. The van der Waals surface area contributed by atoms with Crippen LogP contribution in [0, 0.1) is 23.2 Å². The lowest BCUT2D eigenvalue weighted by molar-refractivity contribution is -0.117. The molecule has 1 fully saturated rings. The zero-order chi connectivity index (χ0) is 13.8. The molecular weight excluding hydrogens is 258 g/mol. The van der Waals surface area contributed by atoms with E-state index < -0.39 is 0 Å². The number of nitrogens with zero attached hydrogens (tertiary/aromatic N) is 2. The monoisotopic (exact) mass is 277 g/mol.